The van der Waals surface area contributed by atoms with E-state index in [4.69, 9.17) is 51.6 Å². The molecule has 34 atom stereocenters. The normalized spacial score (nSPS) is 50.9. The van der Waals surface area contributed by atoms with E-state index in [0.717, 1.165) is 5.57 Å². The Morgan fingerprint density at radius 3 is 1.77 bits per heavy atom. The van der Waals surface area contributed by atoms with Crippen LogP contribution in [-0.4, -0.2) is 268 Å². The molecular weight excluding hydrogens is 1190 g/mol. The van der Waals surface area contributed by atoms with E-state index in [1.807, 2.05) is 27.7 Å². The predicted octanol–water partition coefficient (Wildman–Crippen LogP) is -3.06. The smallest absolute Gasteiger partial charge is 0.219 e. The number of Topliss-reactive ketones (excluding diaryl/α,β-unsaturated/α-hetero) is 1. The molecule has 8 fully saturated rings. The SMILES string of the molecule is CC(C)[C@H](C)C(=O)C[C@](C)(O)[C@H]1CC[C@H]2[C@@H]3C[C@H](O[C@@H]4O[C@H](C)C(O)(O)[C@H](O[C@@H]5O[C@H](C)[C@@H](O[C@@H]6O[C@H](CO)[C@H](O)[C@H](O)[C@H]6O[C@@H]6O[C@H](C)[C@H](O)[C@H](O)[C@H]6O)[C@H](O)[C@H]5O[C@@H]5O[C@H](C)[C@@H](O)[C@H](O)[C@H]5O)[C@H]4O)[C@H]4C[C@@H](OS(=O)(=O)[O-])CC[C@]4(C)C3=CC[C@@]21C. The van der Waals surface area contributed by atoms with Crippen molar-refractivity contribution < 1.29 is 141 Å². The van der Waals surface area contributed by atoms with Gasteiger partial charge in [0.1, 0.15) is 103 Å². The zero-order valence-corrected chi connectivity index (χ0v) is 52.0. The largest absolute Gasteiger partial charge is 0.726 e. The highest BCUT2D eigenvalue weighted by Gasteiger charge is 2.65. The van der Waals surface area contributed by atoms with E-state index >= 15 is 0 Å². The van der Waals surface area contributed by atoms with E-state index in [-0.39, 0.29) is 61.1 Å². The van der Waals surface area contributed by atoms with Gasteiger partial charge in [0.05, 0.1) is 42.7 Å². The van der Waals surface area contributed by atoms with Crippen molar-refractivity contribution in [1.82, 2.24) is 0 Å². The quantitative estimate of drug-likeness (QED) is 0.0280. The molecule has 88 heavy (non-hydrogen) atoms. The van der Waals surface area contributed by atoms with E-state index in [0.29, 0.717) is 25.7 Å². The fraction of sp³-hybridized carbons (Fsp3) is 0.948. The number of hydrogen-bond donors (Lipinski definition) is 14. The average molecular weight is 1290 g/mol. The Kier molecular flexibility index (Phi) is 21.3. The van der Waals surface area contributed by atoms with Gasteiger partial charge in [0.15, 0.2) is 31.5 Å². The number of carbonyl (C=O) groups is 1. The Morgan fingerprint density at radius 1 is 0.659 bits per heavy atom. The van der Waals surface area contributed by atoms with Crippen molar-refractivity contribution >= 4 is 16.2 Å². The summed E-state index contributed by atoms with van der Waals surface area (Å²) >= 11 is 0. The number of carbonyl (C=O) groups excluding carboxylic acids is 1. The van der Waals surface area contributed by atoms with Gasteiger partial charge in [-0.2, -0.15) is 0 Å². The highest BCUT2D eigenvalue weighted by atomic mass is 32.3. The third kappa shape index (κ3) is 13.4. The number of aliphatic hydroxyl groups is 14. The van der Waals surface area contributed by atoms with E-state index < -0.39 is 205 Å². The minimum Gasteiger partial charge on any atom is -0.726 e. The lowest BCUT2D eigenvalue weighted by molar-refractivity contribution is -0.432. The van der Waals surface area contributed by atoms with Gasteiger partial charge in [-0.1, -0.05) is 46.3 Å². The number of ketones is 1. The molecule has 0 spiro atoms. The number of ether oxygens (including phenoxy) is 10. The van der Waals surface area contributed by atoms with Gasteiger partial charge in [0.2, 0.25) is 16.2 Å². The number of rotatable bonds is 18. The monoisotopic (exact) mass is 1290 g/mol. The summed E-state index contributed by atoms with van der Waals surface area (Å²) in [5.74, 6) is -4.59. The molecule has 4 aliphatic carbocycles. The first kappa shape index (κ1) is 70.6. The second kappa shape index (κ2) is 26.5. The fourth-order valence-corrected chi connectivity index (χ4v) is 16.5. The maximum absolute atomic E-state index is 13.6. The third-order valence-electron chi connectivity index (χ3n) is 21.6. The van der Waals surface area contributed by atoms with Crippen molar-refractivity contribution in [2.45, 2.75) is 292 Å². The lowest BCUT2D eigenvalue weighted by Gasteiger charge is -2.60. The summed E-state index contributed by atoms with van der Waals surface area (Å²) in [6, 6.07) is 0. The molecule has 5 saturated heterocycles. The Hall–Kier alpha value is -1.68. The molecular formula is C58H95O29S-. The summed E-state index contributed by atoms with van der Waals surface area (Å²) in [6.07, 6.45) is -40.9. The van der Waals surface area contributed by atoms with Crippen LogP contribution in [0.5, 0.6) is 0 Å². The van der Waals surface area contributed by atoms with Crippen LogP contribution in [0.1, 0.15) is 121 Å². The predicted molar refractivity (Wildman–Crippen MR) is 294 cm³/mol. The fourth-order valence-electron chi connectivity index (χ4n) is 16.0. The summed E-state index contributed by atoms with van der Waals surface area (Å²) in [5, 5.41) is 158. The summed E-state index contributed by atoms with van der Waals surface area (Å²) in [4.78, 5) is 13.6. The van der Waals surface area contributed by atoms with Gasteiger partial charge >= 0.3 is 0 Å². The van der Waals surface area contributed by atoms with Crippen molar-refractivity contribution in [3.63, 3.8) is 0 Å². The van der Waals surface area contributed by atoms with Crippen molar-refractivity contribution in [2.75, 3.05) is 6.61 Å². The second-order valence-electron chi connectivity index (χ2n) is 27.6. The van der Waals surface area contributed by atoms with Gasteiger partial charge in [-0.15, -0.1) is 0 Å². The number of allylic oxidation sites excluding steroid dienone is 2. The summed E-state index contributed by atoms with van der Waals surface area (Å²) in [5.41, 5.74) is -1.52. The zero-order valence-electron chi connectivity index (χ0n) is 51.2. The van der Waals surface area contributed by atoms with Crippen LogP contribution in [-0.2, 0) is 66.7 Å². The van der Waals surface area contributed by atoms with E-state index in [9.17, 15) is 89.3 Å². The third-order valence-corrected chi connectivity index (χ3v) is 22.1. The van der Waals surface area contributed by atoms with Crippen molar-refractivity contribution in [3.8, 4) is 0 Å². The molecule has 5 heterocycles. The van der Waals surface area contributed by atoms with Gasteiger partial charge in [-0.3, -0.25) is 8.98 Å². The molecule has 30 heteroatoms. The molecule has 0 aromatic heterocycles. The minimum absolute atomic E-state index is 0.000523. The molecule has 9 rings (SSSR count). The van der Waals surface area contributed by atoms with Crippen molar-refractivity contribution in [1.29, 1.82) is 0 Å². The van der Waals surface area contributed by atoms with Crippen molar-refractivity contribution in [2.24, 2.45) is 46.3 Å². The Balaban J connectivity index is 1.01. The molecule has 0 bridgehead atoms. The molecule has 3 saturated carbocycles. The number of fused-ring (bicyclic) bond motifs is 5. The minimum atomic E-state index is -5.18. The number of aliphatic hydroxyl groups excluding tert-OH is 11. The summed E-state index contributed by atoms with van der Waals surface area (Å²) in [6.45, 7) is 16.0. The van der Waals surface area contributed by atoms with E-state index in [2.05, 4.69) is 13.0 Å². The molecule has 29 nitrogen and oxygen atoms in total. The van der Waals surface area contributed by atoms with Crippen LogP contribution < -0.4 is 0 Å². The molecule has 14 N–H and O–H groups in total. The Labute approximate surface area is 511 Å². The average Bonchev–Trinajstić information content (AvgIpc) is 1.79. The van der Waals surface area contributed by atoms with Gasteiger partial charge < -0.3 is 123 Å². The van der Waals surface area contributed by atoms with Gasteiger partial charge in [-0.25, -0.2) is 8.42 Å². The van der Waals surface area contributed by atoms with E-state index in [1.165, 1.54) is 27.7 Å². The molecule has 0 aromatic carbocycles. The topological polar surface area (TPSA) is 459 Å². The first-order valence-corrected chi connectivity index (χ1v) is 32.2. The van der Waals surface area contributed by atoms with E-state index in [1.54, 1.807) is 6.92 Å². The van der Waals surface area contributed by atoms with Crippen LogP contribution >= 0.6 is 0 Å². The van der Waals surface area contributed by atoms with Gasteiger partial charge in [-0.05, 0) is 120 Å². The highest BCUT2D eigenvalue weighted by Crippen LogP contribution is 2.67. The highest BCUT2D eigenvalue weighted by molar-refractivity contribution is 7.80. The van der Waals surface area contributed by atoms with Crippen molar-refractivity contribution in [3.05, 3.63) is 11.6 Å². The molecule has 5 aliphatic heterocycles. The van der Waals surface area contributed by atoms with Crippen LogP contribution in [0.2, 0.25) is 0 Å². The molecule has 0 radical (unpaired) electrons. The van der Waals surface area contributed by atoms with Crippen LogP contribution in [0.15, 0.2) is 11.6 Å². The van der Waals surface area contributed by atoms with Gasteiger partial charge in [0, 0.05) is 12.3 Å². The maximum atomic E-state index is 13.6. The molecule has 508 valence electrons. The molecule has 9 aliphatic rings. The van der Waals surface area contributed by atoms with Crippen LogP contribution in [0.3, 0.4) is 0 Å². The second-order valence-corrected chi connectivity index (χ2v) is 28.6. The first-order chi connectivity index (χ1) is 40.9. The molecule has 0 aromatic rings. The lowest BCUT2D eigenvalue weighted by Crippen LogP contribution is -2.70. The standard InChI is InChI=1S/C58H96O29S/c1-21(2)22(3)32(60)19-57(10,71)35-12-11-29-28-18-33(31-17-27(87-88(74,75)76)13-15-55(31,8)30(28)14-16-56(29,35)9)81-52-45(70)49(58(72,73)26(7)80-52)86-53-48(85-51-43(68)40(65)37(62)24(5)78-51)44(69)46(25(6)79-53)83-54-47(41(66)38(63)34(20-59)82-54)84-50-42(67)39(64)36(61)23(4)77-50/h14,21-29,31,33-54,59,61-73H,11-13,15-20H2,1-10H3,(H,74,75,76)/p-1/t22-,23+,24+,25+,26+,27-,28-,29-,31+,33-,34+,35-,36-,37+,38-,39-,40-,41-,42+,43+,44-,45+,46+,47+,48+,49+,50-,51-,52-,53-,54-,55+,56-,57-/m0/s1. The Morgan fingerprint density at radius 2 is 1.20 bits per heavy atom. The first-order valence-electron chi connectivity index (χ1n) is 30.9. The Bertz CT molecular complexity index is 2540. The molecule has 0 unspecified atom stereocenters. The van der Waals surface area contributed by atoms with Crippen LogP contribution in [0.25, 0.3) is 0 Å². The van der Waals surface area contributed by atoms with Crippen LogP contribution in [0.4, 0.5) is 0 Å². The van der Waals surface area contributed by atoms with Crippen LogP contribution in [0, 0.1) is 46.3 Å². The summed E-state index contributed by atoms with van der Waals surface area (Å²) < 4.78 is 102. The zero-order chi connectivity index (χ0) is 65.0. The maximum Gasteiger partial charge on any atom is 0.219 e. The van der Waals surface area contributed by atoms with Gasteiger partial charge in [0.25, 0.3) is 0 Å². The lowest BCUT2D eigenvalue weighted by atomic mass is 9.47. The summed E-state index contributed by atoms with van der Waals surface area (Å²) in [7, 11) is -5.18. The molecule has 0 amide bonds. The number of hydrogen-bond acceptors (Lipinski definition) is 29.